The van der Waals surface area contributed by atoms with Gasteiger partial charge in [-0.2, -0.15) is 0 Å². The van der Waals surface area contributed by atoms with E-state index in [4.69, 9.17) is 0 Å². The Hall–Kier alpha value is -0.190. The van der Waals surface area contributed by atoms with Gasteiger partial charge in [-0.3, -0.25) is 4.48 Å². The predicted octanol–water partition coefficient (Wildman–Crippen LogP) is -2.32. The molecule has 8 heavy (non-hydrogen) atoms. The second kappa shape index (κ2) is 3.77. The summed E-state index contributed by atoms with van der Waals surface area (Å²) in [6.07, 6.45) is 0. The molecule has 0 aromatic rings. The van der Waals surface area contributed by atoms with E-state index < -0.39 is 0 Å². The molecule has 48 valence electrons. The van der Waals surface area contributed by atoms with Crippen molar-refractivity contribution in [2.75, 3.05) is 21.1 Å². The summed E-state index contributed by atoms with van der Waals surface area (Å²) in [7, 11) is 6.11. The average Bonchev–Trinajstić information content (AvgIpc) is 1.30. The molecule has 0 unspecified atom stereocenters. The quantitative estimate of drug-likeness (QED) is 0.257. The summed E-state index contributed by atoms with van der Waals surface area (Å²) in [6, 6.07) is 2.97. The Morgan fingerprint density at radius 1 is 1.12 bits per heavy atom. The van der Waals surface area contributed by atoms with Crippen molar-refractivity contribution < 1.29 is 16.9 Å². The van der Waals surface area contributed by atoms with E-state index >= 15 is 0 Å². The van der Waals surface area contributed by atoms with Crippen LogP contribution in [-0.2, 0) is 0 Å². The number of hydrogen-bond acceptors (Lipinski definition) is 0. The summed E-state index contributed by atoms with van der Waals surface area (Å²) in [6.45, 7) is 1.85. The molecule has 0 atom stereocenters. The third-order valence-corrected chi connectivity index (χ3v) is 0.447. The van der Waals surface area contributed by atoms with E-state index in [2.05, 4.69) is 12.0 Å². The number of hydrogen-bond donors (Lipinski definition) is 0. The molecule has 0 fully saturated rings. The van der Waals surface area contributed by atoms with Gasteiger partial charge in [0.1, 0.15) is 6.04 Å². The van der Waals surface area contributed by atoms with Crippen molar-refractivity contribution in [2.45, 2.75) is 6.92 Å². The first kappa shape index (κ1) is 10.7. The van der Waals surface area contributed by atoms with Gasteiger partial charge in [-0.1, -0.05) is 0 Å². The maximum absolute atomic E-state index is 2.97. The minimum absolute atomic E-state index is 0. The van der Waals surface area contributed by atoms with E-state index in [1.165, 1.54) is 0 Å². The monoisotopic (exact) mass is 133 g/mol. The van der Waals surface area contributed by atoms with Crippen molar-refractivity contribution in [2.24, 2.45) is 0 Å². The molecule has 0 aliphatic heterocycles. The SMILES string of the molecule is CC#C[N+](C)(C)C.[Cl-]. The predicted molar refractivity (Wildman–Crippen MR) is 31.5 cm³/mol. The summed E-state index contributed by atoms with van der Waals surface area (Å²) < 4.78 is 0.733. The molecule has 2 heteroatoms. The van der Waals surface area contributed by atoms with Crippen LogP contribution in [-0.4, -0.2) is 25.6 Å². The number of nitrogens with zero attached hydrogens (tertiary/aromatic N) is 1. The first-order chi connectivity index (χ1) is 3.06. The van der Waals surface area contributed by atoms with E-state index in [-0.39, 0.29) is 12.4 Å². The molecule has 0 aliphatic carbocycles. The van der Waals surface area contributed by atoms with Crippen LogP contribution >= 0.6 is 0 Å². The Morgan fingerprint density at radius 2 is 1.50 bits per heavy atom. The topological polar surface area (TPSA) is 0 Å². The zero-order valence-electron chi connectivity index (χ0n) is 5.83. The van der Waals surface area contributed by atoms with Gasteiger partial charge >= 0.3 is 0 Å². The number of rotatable bonds is 0. The van der Waals surface area contributed by atoms with E-state index in [9.17, 15) is 0 Å². The fraction of sp³-hybridized carbons (Fsp3) is 0.667. The summed E-state index contributed by atoms with van der Waals surface area (Å²) in [5.41, 5.74) is 0. The third kappa shape index (κ3) is 9.26. The molecule has 0 aliphatic rings. The van der Waals surface area contributed by atoms with Crippen LogP contribution in [0.1, 0.15) is 6.92 Å². The Balaban J connectivity index is 0. The van der Waals surface area contributed by atoms with Crippen molar-refractivity contribution in [3.63, 3.8) is 0 Å². The lowest BCUT2D eigenvalue weighted by Crippen LogP contribution is -3.00. The molecule has 0 heterocycles. The van der Waals surface area contributed by atoms with Gasteiger partial charge in [-0.15, -0.1) is 0 Å². The molecule has 0 saturated heterocycles. The van der Waals surface area contributed by atoms with Gasteiger partial charge in [0.2, 0.25) is 0 Å². The van der Waals surface area contributed by atoms with Gasteiger partial charge in [-0.25, -0.2) is 0 Å². The summed E-state index contributed by atoms with van der Waals surface area (Å²) in [5.74, 6) is 2.83. The second-order valence-corrected chi connectivity index (χ2v) is 2.37. The molecule has 0 N–H and O–H groups in total. The zero-order valence-corrected chi connectivity index (χ0v) is 6.58. The highest BCUT2D eigenvalue weighted by Gasteiger charge is 1.97. The molecule has 1 nitrogen and oxygen atoms in total. The van der Waals surface area contributed by atoms with Crippen molar-refractivity contribution in [3.05, 3.63) is 0 Å². The minimum Gasteiger partial charge on any atom is -1.00 e. The molecule has 0 rings (SSSR count). The van der Waals surface area contributed by atoms with Crippen molar-refractivity contribution in [1.82, 2.24) is 0 Å². The number of halogens is 1. The molecule has 0 bridgehead atoms. The smallest absolute Gasteiger partial charge is 0.136 e. The van der Waals surface area contributed by atoms with Crippen LogP contribution in [0.15, 0.2) is 0 Å². The standard InChI is InChI=1S/C6H12N.ClH/c1-5-6-7(2,3)4;/h1-4H3;1H/q+1;/p-1. The highest BCUT2D eigenvalue weighted by atomic mass is 35.5. The molecule has 0 aromatic carbocycles. The molecule has 0 saturated carbocycles. The maximum atomic E-state index is 2.97. The molecular formula is C6H12ClN. The largest absolute Gasteiger partial charge is 1.00 e. The van der Waals surface area contributed by atoms with Crippen LogP contribution in [0.5, 0.6) is 0 Å². The highest BCUT2D eigenvalue weighted by Crippen LogP contribution is 1.81. The Morgan fingerprint density at radius 3 is 1.50 bits per heavy atom. The fourth-order valence-electron chi connectivity index (χ4n) is 0.335. The fourth-order valence-corrected chi connectivity index (χ4v) is 0.335. The first-order valence-electron chi connectivity index (χ1n) is 2.32. The molecule has 0 amide bonds. The Bertz CT molecular complexity index is 102. The number of quaternary nitrogens is 1. The molecule has 0 radical (unpaired) electrons. The van der Waals surface area contributed by atoms with E-state index in [1.54, 1.807) is 0 Å². The lowest BCUT2D eigenvalue weighted by molar-refractivity contribution is -0.800. The van der Waals surface area contributed by atoms with Gasteiger partial charge in [0.25, 0.3) is 0 Å². The second-order valence-electron chi connectivity index (χ2n) is 2.37. The third-order valence-electron chi connectivity index (χ3n) is 0.447. The summed E-state index contributed by atoms with van der Waals surface area (Å²) >= 11 is 0. The van der Waals surface area contributed by atoms with Crippen molar-refractivity contribution >= 4 is 0 Å². The van der Waals surface area contributed by atoms with Gasteiger partial charge < -0.3 is 12.4 Å². The van der Waals surface area contributed by atoms with Crippen LogP contribution in [0.25, 0.3) is 0 Å². The van der Waals surface area contributed by atoms with Crippen LogP contribution < -0.4 is 12.4 Å². The van der Waals surface area contributed by atoms with E-state index in [0.29, 0.717) is 0 Å². The molecule has 0 spiro atoms. The van der Waals surface area contributed by atoms with Crippen molar-refractivity contribution in [1.29, 1.82) is 0 Å². The maximum Gasteiger partial charge on any atom is 0.136 e. The van der Waals surface area contributed by atoms with Crippen LogP contribution in [0, 0.1) is 12.0 Å². The van der Waals surface area contributed by atoms with Crippen LogP contribution in [0.2, 0.25) is 0 Å². The lowest BCUT2D eigenvalue weighted by Gasteiger charge is -2.11. The van der Waals surface area contributed by atoms with E-state index in [1.807, 2.05) is 28.1 Å². The summed E-state index contributed by atoms with van der Waals surface area (Å²) in [4.78, 5) is 0. The van der Waals surface area contributed by atoms with Crippen LogP contribution in [0.4, 0.5) is 0 Å². The average molecular weight is 134 g/mol. The first-order valence-corrected chi connectivity index (χ1v) is 2.32. The van der Waals surface area contributed by atoms with Gasteiger partial charge in [0.15, 0.2) is 0 Å². The molecule has 0 aromatic heterocycles. The van der Waals surface area contributed by atoms with Gasteiger partial charge in [-0.05, 0) is 5.92 Å². The minimum atomic E-state index is 0. The zero-order chi connectivity index (χ0) is 5.91. The Kier molecular flexibility index (Phi) is 5.05. The van der Waals surface area contributed by atoms with Crippen molar-refractivity contribution in [3.8, 4) is 12.0 Å². The highest BCUT2D eigenvalue weighted by molar-refractivity contribution is 4.84. The van der Waals surface area contributed by atoms with Crippen LogP contribution in [0.3, 0.4) is 0 Å². The van der Waals surface area contributed by atoms with Gasteiger partial charge in [0.05, 0.1) is 21.1 Å². The van der Waals surface area contributed by atoms with E-state index in [0.717, 1.165) is 4.48 Å². The normalized spacial score (nSPS) is 8.50. The molecular weight excluding hydrogens is 122 g/mol. The Labute approximate surface area is 57.7 Å². The summed E-state index contributed by atoms with van der Waals surface area (Å²) in [5, 5.41) is 0. The lowest BCUT2D eigenvalue weighted by atomic mass is 10.6. The van der Waals surface area contributed by atoms with Gasteiger partial charge in [0, 0.05) is 6.92 Å².